The molecule has 0 bridgehead atoms. The Morgan fingerprint density at radius 3 is 2.77 bits per heavy atom. The Hall–Kier alpha value is -1.07. The second kappa shape index (κ2) is 8.53. The van der Waals surface area contributed by atoms with E-state index in [9.17, 15) is 4.79 Å². The maximum absolute atomic E-state index is 12.5. The van der Waals surface area contributed by atoms with Gasteiger partial charge in [0.25, 0.3) is 5.91 Å². The van der Waals surface area contributed by atoms with Crippen LogP contribution in [0.3, 0.4) is 0 Å². The van der Waals surface area contributed by atoms with Gasteiger partial charge in [0.05, 0.1) is 6.61 Å². The second-order valence-corrected chi connectivity index (χ2v) is 6.52. The maximum Gasteiger partial charge on any atom is 0.288 e. The van der Waals surface area contributed by atoms with Gasteiger partial charge >= 0.3 is 0 Å². The summed E-state index contributed by atoms with van der Waals surface area (Å²) in [5.74, 6) is 1.22. The lowest BCUT2D eigenvalue weighted by atomic mass is 9.90. The molecule has 1 fully saturated rings. The summed E-state index contributed by atoms with van der Waals surface area (Å²) in [5, 5.41) is 8.81. The van der Waals surface area contributed by atoms with Crippen molar-refractivity contribution in [2.75, 3.05) is 26.3 Å². The van der Waals surface area contributed by atoms with Crippen LogP contribution in [0.25, 0.3) is 0 Å². The largest absolute Gasteiger partial charge is 0.459 e. The molecule has 1 N–H and O–H groups in total. The van der Waals surface area contributed by atoms with E-state index >= 15 is 0 Å². The smallest absolute Gasteiger partial charge is 0.288 e. The van der Waals surface area contributed by atoms with Crippen molar-refractivity contribution in [1.29, 1.82) is 0 Å². The summed E-state index contributed by atoms with van der Waals surface area (Å²) in [4.78, 5) is 14.4. The van der Waals surface area contributed by atoms with E-state index in [4.69, 9.17) is 14.6 Å². The number of aliphatic hydroxyl groups is 1. The summed E-state index contributed by atoms with van der Waals surface area (Å²) in [6, 6.07) is 0. The van der Waals surface area contributed by atoms with Gasteiger partial charge in [-0.15, -0.1) is 0 Å². The Balaban J connectivity index is 1.95. The minimum atomic E-state index is -0.349. The van der Waals surface area contributed by atoms with E-state index in [-0.39, 0.29) is 18.8 Å². The second-order valence-electron chi connectivity index (χ2n) is 6.52. The van der Waals surface area contributed by atoms with Gasteiger partial charge in [0.1, 0.15) is 0 Å². The monoisotopic (exact) mass is 311 g/mol. The molecule has 0 aromatic rings. The lowest BCUT2D eigenvalue weighted by Gasteiger charge is -2.32. The molecule has 5 heteroatoms. The van der Waals surface area contributed by atoms with Crippen LogP contribution in [-0.4, -0.2) is 48.5 Å². The molecule has 0 radical (unpaired) electrons. The Morgan fingerprint density at radius 1 is 1.41 bits per heavy atom. The highest BCUT2D eigenvalue weighted by Gasteiger charge is 2.32. The highest BCUT2D eigenvalue weighted by Crippen LogP contribution is 2.30. The van der Waals surface area contributed by atoms with Gasteiger partial charge in [-0.25, -0.2) is 0 Å². The van der Waals surface area contributed by atoms with E-state index in [1.165, 1.54) is 0 Å². The van der Waals surface area contributed by atoms with Crippen LogP contribution in [0.2, 0.25) is 0 Å². The van der Waals surface area contributed by atoms with E-state index in [0.29, 0.717) is 24.2 Å². The van der Waals surface area contributed by atoms with Crippen LogP contribution in [-0.2, 0) is 14.3 Å². The topological polar surface area (TPSA) is 59.0 Å². The van der Waals surface area contributed by atoms with Crippen molar-refractivity contribution in [3.8, 4) is 0 Å². The number of hydrogen-bond acceptors (Lipinski definition) is 4. The Kier molecular flexibility index (Phi) is 6.70. The molecule has 1 saturated heterocycles. The fourth-order valence-electron chi connectivity index (χ4n) is 2.91. The molecule has 2 heterocycles. The Bertz CT molecular complexity index is 388. The Labute approximate surface area is 133 Å². The number of carbonyl (C=O) groups excluding carboxylic acids is 1. The number of rotatable bonds is 7. The Morgan fingerprint density at radius 2 is 2.14 bits per heavy atom. The van der Waals surface area contributed by atoms with Crippen LogP contribution in [0.15, 0.2) is 11.8 Å². The molecule has 2 atom stereocenters. The molecule has 0 spiro atoms. The molecule has 0 unspecified atom stereocenters. The molecule has 0 aromatic carbocycles. The normalized spacial score (nSPS) is 25.3. The fraction of sp³-hybridized carbons (Fsp3) is 0.824. The fourth-order valence-corrected chi connectivity index (χ4v) is 2.91. The minimum absolute atomic E-state index is 0.00630. The number of carbonyl (C=O) groups is 1. The minimum Gasteiger partial charge on any atom is -0.459 e. The SMILES string of the molecule is CC(C)[C@H]1C=C(C(=O)N2CCCC2)O[C@@H](OCCCCO)C1. The van der Waals surface area contributed by atoms with E-state index in [1.807, 2.05) is 11.0 Å². The average molecular weight is 311 g/mol. The van der Waals surface area contributed by atoms with E-state index in [2.05, 4.69) is 13.8 Å². The number of likely N-dealkylation sites (tertiary alicyclic amines) is 1. The van der Waals surface area contributed by atoms with Crippen molar-refractivity contribution in [2.45, 2.75) is 52.2 Å². The first-order valence-corrected chi connectivity index (χ1v) is 8.52. The first-order chi connectivity index (χ1) is 10.6. The standard InChI is InChI=1S/C17H29NO4/c1-13(2)14-11-15(17(20)18-7-3-4-8-18)22-16(12-14)21-10-6-5-9-19/h11,13-14,16,19H,3-10,12H2,1-2H3/t14-,16+/m0/s1. The molecule has 1 amide bonds. The van der Waals surface area contributed by atoms with Crippen LogP contribution in [0.5, 0.6) is 0 Å². The molecule has 2 aliphatic rings. The summed E-state index contributed by atoms with van der Waals surface area (Å²) >= 11 is 0. The zero-order valence-electron chi connectivity index (χ0n) is 13.8. The number of allylic oxidation sites excluding steroid dienone is 1. The van der Waals surface area contributed by atoms with Crippen LogP contribution in [0.4, 0.5) is 0 Å². The van der Waals surface area contributed by atoms with Gasteiger partial charge in [0.2, 0.25) is 6.29 Å². The first kappa shape index (κ1) is 17.3. The van der Waals surface area contributed by atoms with E-state index in [1.54, 1.807) is 0 Å². The molecule has 0 aliphatic carbocycles. The predicted octanol–water partition coefficient (Wildman–Crippen LogP) is 2.30. The summed E-state index contributed by atoms with van der Waals surface area (Å²) in [6.07, 6.45) is 6.11. The lowest BCUT2D eigenvalue weighted by Crippen LogP contribution is -2.36. The molecular formula is C17H29NO4. The number of aliphatic hydroxyl groups excluding tert-OH is 1. The number of hydrogen-bond donors (Lipinski definition) is 1. The quantitative estimate of drug-likeness (QED) is 0.733. The summed E-state index contributed by atoms with van der Waals surface area (Å²) < 4.78 is 11.6. The van der Waals surface area contributed by atoms with Crippen molar-refractivity contribution >= 4 is 5.91 Å². The van der Waals surface area contributed by atoms with Gasteiger partial charge in [-0.3, -0.25) is 4.79 Å². The third-order valence-electron chi connectivity index (χ3n) is 4.41. The van der Waals surface area contributed by atoms with Crippen molar-refractivity contribution in [2.24, 2.45) is 11.8 Å². The van der Waals surface area contributed by atoms with Gasteiger partial charge in [-0.1, -0.05) is 13.8 Å². The van der Waals surface area contributed by atoms with Crippen molar-refractivity contribution in [3.05, 3.63) is 11.8 Å². The van der Waals surface area contributed by atoms with Crippen molar-refractivity contribution < 1.29 is 19.4 Å². The van der Waals surface area contributed by atoms with Crippen LogP contribution in [0, 0.1) is 11.8 Å². The summed E-state index contributed by atoms with van der Waals surface area (Å²) in [5.41, 5.74) is 0. The molecular weight excluding hydrogens is 282 g/mol. The van der Waals surface area contributed by atoms with Gasteiger partial charge in [-0.05, 0) is 43.6 Å². The van der Waals surface area contributed by atoms with E-state index < -0.39 is 0 Å². The molecule has 0 aromatic heterocycles. The number of amides is 1. The summed E-state index contributed by atoms with van der Waals surface area (Å²) in [6.45, 7) is 6.71. The van der Waals surface area contributed by atoms with Gasteiger partial charge in [0, 0.05) is 26.1 Å². The molecule has 126 valence electrons. The maximum atomic E-state index is 12.5. The van der Waals surface area contributed by atoms with Gasteiger partial charge in [-0.2, -0.15) is 0 Å². The lowest BCUT2D eigenvalue weighted by molar-refractivity contribution is -0.155. The zero-order chi connectivity index (χ0) is 15.9. The molecule has 0 saturated carbocycles. The molecule has 22 heavy (non-hydrogen) atoms. The highest BCUT2D eigenvalue weighted by atomic mass is 16.7. The van der Waals surface area contributed by atoms with Gasteiger partial charge in [0.15, 0.2) is 5.76 Å². The molecule has 5 nitrogen and oxygen atoms in total. The predicted molar refractivity (Wildman–Crippen MR) is 84.0 cm³/mol. The van der Waals surface area contributed by atoms with Crippen molar-refractivity contribution in [1.82, 2.24) is 4.90 Å². The van der Waals surface area contributed by atoms with Gasteiger partial charge < -0.3 is 19.5 Å². The third kappa shape index (κ3) is 4.71. The zero-order valence-corrected chi connectivity index (χ0v) is 13.8. The van der Waals surface area contributed by atoms with Crippen LogP contribution < -0.4 is 0 Å². The first-order valence-electron chi connectivity index (χ1n) is 8.52. The van der Waals surface area contributed by atoms with Crippen LogP contribution >= 0.6 is 0 Å². The average Bonchev–Trinajstić information content (AvgIpc) is 3.05. The number of unbranched alkanes of at least 4 members (excludes halogenated alkanes) is 1. The number of nitrogens with zero attached hydrogens (tertiary/aromatic N) is 1. The highest BCUT2D eigenvalue weighted by molar-refractivity contribution is 5.91. The van der Waals surface area contributed by atoms with Crippen LogP contribution in [0.1, 0.15) is 46.0 Å². The molecule has 2 aliphatic heterocycles. The third-order valence-corrected chi connectivity index (χ3v) is 4.41. The van der Waals surface area contributed by atoms with E-state index in [0.717, 1.165) is 45.2 Å². The molecule has 2 rings (SSSR count). The van der Waals surface area contributed by atoms with Crippen molar-refractivity contribution in [3.63, 3.8) is 0 Å². The number of ether oxygens (including phenoxy) is 2. The summed E-state index contributed by atoms with van der Waals surface area (Å²) in [7, 11) is 0.